The highest BCUT2D eigenvalue weighted by Crippen LogP contribution is 2.31. The van der Waals surface area contributed by atoms with Crippen LogP contribution in [0.4, 0.5) is 11.4 Å². The molecule has 0 saturated heterocycles. The molecule has 0 aliphatic heterocycles. The van der Waals surface area contributed by atoms with Crippen molar-refractivity contribution in [2.75, 3.05) is 19.5 Å². The van der Waals surface area contributed by atoms with Crippen molar-refractivity contribution < 1.29 is 19.2 Å². The van der Waals surface area contributed by atoms with Crippen LogP contribution in [-0.4, -0.2) is 40.1 Å². The summed E-state index contributed by atoms with van der Waals surface area (Å²) in [6, 6.07) is 10.4. The molecular formula is C18H17Cl3N4O5S. The van der Waals surface area contributed by atoms with E-state index in [1.807, 2.05) is 0 Å². The van der Waals surface area contributed by atoms with E-state index < -0.39 is 20.8 Å². The van der Waals surface area contributed by atoms with E-state index in [0.717, 1.165) is 0 Å². The molecule has 166 valence electrons. The lowest BCUT2D eigenvalue weighted by Crippen LogP contribution is -2.56. The molecule has 2 aromatic rings. The van der Waals surface area contributed by atoms with Gasteiger partial charge < -0.3 is 25.4 Å². The van der Waals surface area contributed by atoms with Crippen molar-refractivity contribution in [3.63, 3.8) is 0 Å². The standard InChI is InChI=1S/C18H17Cl3N4O5S/c1-29-13-6-4-3-5-11(13)15(26)23-16(18(19,20)21)24-17(31)22-12-9-10(25(27)28)7-8-14(12)30-2/h3-9,16H,1-2H3,(H,23,26)(H2,22,24,31). The van der Waals surface area contributed by atoms with Crippen molar-refractivity contribution in [3.05, 3.63) is 58.1 Å². The lowest BCUT2D eigenvalue weighted by Gasteiger charge is -2.28. The van der Waals surface area contributed by atoms with Gasteiger partial charge in [-0.1, -0.05) is 46.9 Å². The third kappa shape index (κ3) is 6.73. The second-order valence-electron chi connectivity index (χ2n) is 5.89. The monoisotopic (exact) mass is 506 g/mol. The molecule has 0 radical (unpaired) electrons. The van der Waals surface area contributed by atoms with Crippen molar-refractivity contribution in [1.82, 2.24) is 10.6 Å². The number of carbonyl (C=O) groups excluding carboxylic acids is 1. The Morgan fingerprint density at radius 2 is 1.74 bits per heavy atom. The maximum Gasteiger partial charge on any atom is 0.271 e. The number of para-hydroxylation sites is 1. The van der Waals surface area contributed by atoms with E-state index in [1.165, 1.54) is 38.5 Å². The van der Waals surface area contributed by atoms with Crippen LogP contribution in [0.3, 0.4) is 0 Å². The van der Waals surface area contributed by atoms with Crippen LogP contribution >= 0.6 is 47.0 Å². The van der Waals surface area contributed by atoms with Gasteiger partial charge in [0, 0.05) is 12.1 Å². The maximum atomic E-state index is 12.7. The molecule has 1 unspecified atom stereocenters. The predicted octanol–water partition coefficient (Wildman–Crippen LogP) is 4.02. The number of hydrogen-bond acceptors (Lipinski definition) is 6. The number of methoxy groups -OCH3 is 2. The van der Waals surface area contributed by atoms with E-state index in [-0.39, 0.29) is 22.1 Å². The van der Waals surface area contributed by atoms with E-state index in [9.17, 15) is 14.9 Å². The van der Waals surface area contributed by atoms with Gasteiger partial charge in [-0.25, -0.2) is 0 Å². The molecule has 0 bridgehead atoms. The Morgan fingerprint density at radius 3 is 2.32 bits per heavy atom. The fraction of sp³-hybridized carbons (Fsp3) is 0.222. The van der Waals surface area contributed by atoms with Crippen LogP contribution in [0.25, 0.3) is 0 Å². The highest BCUT2D eigenvalue weighted by Gasteiger charge is 2.35. The summed E-state index contributed by atoms with van der Waals surface area (Å²) in [6.45, 7) is 0. The number of carbonyl (C=O) groups is 1. The van der Waals surface area contributed by atoms with E-state index in [2.05, 4.69) is 16.0 Å². The Kier molecular flexibility index (Phi) is 8.52. The summed E-state index contributed by atoms with van der Waals surface area (Å²) in [7, 11) is 2.81. The minimum atomic E-state index is -2.00. The van der Waals surface area contributed by atoms with E-state index >= 15 is 0 Å². The first kappa shape index (κ1) is 24.7. The second kappa shape index (κ2) is 10.7. The van der Waals surface area contributed by atoms with Gasteiger partial charge in [0.15, 0.2) is 5.11 Å². The molecule has 2 aromatic carbocycles. The summed E-state index contributed by atoms with van der Waals surface area (Å²) in [4.78, 5) is 23.1. The van der Waals surface area contributed by atoms with Crippen LogP contribution in [0.5, 0.6) is 11.5 Å². The van der Waals surface area contributed by atoms with Crippen LogP contribution < -0.4 is 25.4 Å². The Balaban J connectivity index is 2.20. The first-order chi connectivity index (χ1) is 14.6. The highest BCUT2D eigenvalue weighted by molar-refractivity contribution is 7.80. The molecule has 0 aromatic heterocycles. The summed E-state index contributed by atoms with van der Waals surface area (Å²) in [5.41, 5.74) is 0.229. The van der Waals surface area contributed by atoms with Gasteiger partial charge in [-0.15, -0.1) is 0 Å². The smallest absolute Gasteiger partial charge is 0.271 e. The Hall–Kier alpha value is -2.53. The Morgan fingerprint density at radius 1 is 1.10 bits per heavy atom. The molecule has 0 fully saturated rings. The zero-order valence-corrected chi connectivity index (χ0v) is 19.2. The van der Waals surface area contributed by atoms with Gasteiger partial charge >= 0.3 is 0 Å². The predicted molar refractivity (Wildman–Crippen MR) is 124 cm³/mol. The number of anilines is 1. The van der Waals surface area contributed by atoms with Gasteiger partial charge in [0.05, 0.1) is 30.4 Å². The number of nitrogens with zero attached hydrogens (tertiary/aromatic N) is 1. The summed E-state index contributed by atoms with van der Waals surface area (Å²) < 4.78 is 8.33. The van der Waals surface area contributed by atoms with Crippen molar-refractivity contribution in [3.8, 4) is 11.5 Å². The quantitative estimate of drug-likeness (QED) is 0.169. The molecule has 9 nitrogen and oxygen atoms in total. The summed E-state index contributed by atoms with van der Waals surface area (Å²) in [5, 5.41) is 18.9. The van der Waals surface area contributed by atoms with Crippen molar-refractivity contribution >= 4 is 69.4 Å². The van der Waals surface area contributed by atoms with E-state index in [4.69, 9.17) is 56.5 Å². The number of nitrogens with one attached hydrogen (secondary N) is 3. The Labute approximate surface area is 198 Å². The number of amides is 1. The summed E-state index contributed by atoms with van der Waals surface area (Å²) in [6.07, 6.45) is -1.26. The zero-order chi connectivity index (χ0) is 23.2. The molecule has 0 aliphatic carbocycles. The average molecular weight is 508 g/mol. The molecule has 0 heterocycles. The number of ether oxygens (including phenoxy) is 2. The van der Waals surface area contributed by atoms with Crippen LogP contribution in [0.15, 0.2) is 42.5 Å². The van der Waals surface area contributed by atoms with Crippen molar-refractivity contribution in [2.45, 2.75) is 9.96 Å². The van der Waals surface area contributed by atoms with Crippen LogP contribution in [-0.2, 0) is 0 Å². The third-order valence-electron chi connectivity index (χ3n) is 3.87. The van der Waals surface area contributed by atoms with Gasteiger partial charge in [0.1, 0.15) is 17.7 Å². The van der Waals surface area contributed by atoms with E-state index in [1.54, 1.807) is 18.2 Å². The number of alkyl halides is 3. The molecule has 31 heavy (non-hydrogen) atoms. The maximum absolute atomic E-state index is 12.7. The van der Waals surface area contributed by atoms with Gasteiger partial charge in [-0.05, 0) is 30.4 Å². The zero-order valence-electron chi connectivity index (χ0n) is 16.1. The number of nitro benzene ring substituents is 1. The lowest BCUT2D eigenvalue weighted by atomic mass is 10.2. The largest absolute Gasteiger partial charge is 0.496 e. The summed E-state index contributed by atoms with van der Waals surface area (Å²) in [5.74, 6) is 0.0281. The van der Waals surface area contributed by atoms with Gasteiger partial charge in [0.2, 0.25) is 3.79 Å². The summed E-state index contributed by atoms with van der Waals surface area (Å²) >= 11 is 23.2. The van der Waals surface area contributed by atoms with E-state index in [0.29, 0.717) is 11.5 Å². The first-order valence-electron chi connectivity index (χ1n) is 8.47. The molecule has 3 N–H and O–H groups in total. The molecule has 1 atom stereocenters. The number of halogens is 3. The molecule has 0 saturated carbocycles. The topological polar surface area (TPSA) is 115 Å². The number of rotatable bonds is 7. The molecule has 0 aliphatic rings. The molecule has 1 amide bonds. The number of benzene rings is 2. The SMILES string of the molecule is COc1ccc([N+](=O)[O-])cc1NC(=S)NC(NC(=O)c1ccccc1OC)C(Cl)(Cl)Cl. The molecule has 13 heteroatoms. The average Bonchev–Trinajstić information content (AvgIpc) is 2.72. The number of thiocarbonyl (C=S) groups is 1. The minimum absolute atomic E-state index is 0.0875. The highest BCUT2D eigenvalue weighted by atomic mass is 35.6. The van der Waals surface area contributed by atoms with Gasteiger partial charge in [0.25, 0.3) is 11.6 Å². The third-order valence-corrected chi connectivity index (χ3v) is 4.75. The fourth-order valence-corrected chi connectivity index (χ4v) is 2.99. The molecule has 0 spiro atoms. The van der Waals surface area contributed by atoms with Crippen LogP contribution in [0.1, 0.15) is 10.4 Å². The number of nitro groups is 1. The lowest BCUT2D eigenvalue weighted by molar-refractivity contribution is -0.384. The van der Waals surface area contributed by atoms with Crippen LogP contribution in [0.2, 0.25) is 0 Å². The number of non-ortho nitro benzene ring substituents is 1. The Bertz CT molecular complexity index is 987. The van der Waals surface area contributed by atoms with Crippen molar-refractivity contribution in [2.24, 2.45) is 0 Å². The van der Waals surface area contributed by atoms with Gasteiger partial charge in [-0.2, -0.15) is 0 Å². The minimum Gasteiger partial charge on any atom is -0.496 e. The normalized spacial score (nSPS) is 11.8. The second-order valence-corrected chi connectivity index (χ2v) is 8.67. The fourth-order valence-electron chi connectivity index (χ4n) is 2.44. The van der Waals surface area contributed by atoms with Gasteiger partial charge in [-0.3, -0.25) is 14.9 Å². The first-order valence-corrected chi connectivity index (χ1v) is 10.0. The molecule has 2 rings (SSSR count). The number of hydrogen-bond donors (Lipinski definition) is 3. The molecular weight excluding hydrogens is 491 g/mol. The van der Waals surface area contributed by atoms with Crippen LogP contribution in [0, 0.1) is 10.1 Å². The van der Waals surface area contributed by atoms with Crippen molar-refractivity contribution in [1.29, 1.82) is 0 Å².